The number of fused-ring (bicyclic) bond motifs is 1. The molecule has 5 nitrogen and oxygen atoms in total. The van der Waals surface area contributed by atoms with Crippen LogP contribution in [0, 0.1) is 5.92 Å². The van der Waals surface area contributed by atoms with E-state index in [-0.39, 0.29) is 5.97 Å². The first-order valence-corrected chi connectivity index (χ1v) is 9.22. The van der Waals surface area contributed by atoms with Crippen molar-refractivity contribution in [3.63, 3.8) is 0 Å². The first kappa shape index (κ1) is 18.5. The van der Waals surface area contributed by atoms with E-state index in [1.807, 2.05) is 28.9 Å². The number of benzene rings is 2. The number of nitrogens with zero attached hydrogens (tertiary/aromatic N) is 2. The Morgan fingerprint density at radius 2 is 2.04 bits per heavy atom. The number of hydrogen-bond acceptors (Lipinski definition) is 4. The van der Waals surface area contributed by atoms with E-state index >= 15 is 0 Å². The van der Waals surface area contributed by atoms with Crippen LogP contribution in [0.1, 0.15) is 29.8 Å². The Hall–Kier alpha value is -2.34. The van der Waals surface area contributed by atoms with Crippen LogP contribution in [-0.2, 0) is 11.3 Å². The zero-order valence-electron chi connectivity index (χ0n) is 15.0. The van der Waals surface area contributed by atoms with Gasteiger partial charge in [0, 0.05) is 15.4 Å². The maximum Gasteiger partial charge on any atom is 0.337 e. The molecule has 0 aliphatic rings. The van der Waals surface area contributed by atoms with E-state index in [1.165, 1.54) is 7.11 Å². The lowest BCUT2D eigenvalue weighted by molar-refractivity contribution is 0.0601. The van der Waals surface area contributed by atoms with Crippen molar-refractivity contribution >= 4 is 32.8 Å². The highest BCUT2D eigenvalue weighted by Crippen LogP contribution is 2.26. The molecule has 0 saturated heterocycles. The average molecular weight is 417 g/mol. The second-order valence-corrected chi connectivity index (χ2v) is 7.44. The fourth-order valence-corrected chi connectivity index (χ4v) is 3.10. The van der Waals surface area contributed by atoms with Gasteiger partial charge in [0.15, 0.2) is 0 Å². The Labute approximate surface area is 161 Å². The van der Waals surface area contributed by atoms with Gasteiger partial charge in [-0.3, -0.25) is 4.68 Å². The molecule has 0 aliphatic heterocycles. The summed E-state index contributed by atoms with van der Waals surface area (Å²) in [5.74, 6) is 0.960. The van der Waals surface area contributed by atoms with Crippen LogP contribution < -0.4 is 4.74 Å². The molecule has 0 unspecified atom stereocenters. The monoisotopic (exact) mass is 416 g/mol. The van der Waals surface area contributed by atoms with Crippen LogP contribution in [0.5, 0.6) is 5.75 Å². The van der Waals surface area contributed by atoms with Gasteiger partial charge in [-0.15, -0.1) is 0 Å². The third-order valence-corrected chi connectivity index (χ3v) is 4.47. The number of hydrogen-bond donors (Lipinski definition) is 0. The summed E-state index contributed by atoms with van der Waals surface area (Å²) in [5, 5.41) is 5.37. The fraction of sp³-hybridized carbons (Fsp3) is 0.300. The van der Waals surface area contributed by atoms with Crippen molar-refractivity contribution in [2.75, 3.05) is 13.7 Å². The van der Waals surface area contributed by atoms with Crippen molar-refractivity contribution in [1.82, 2.24) is 9.78 Å². The highest BCUT2D eigenvalue weighted by Gasteiger charge is 2.12. The standard InChI is InChI=1S/C20H21BrN2O3/c1-13(2)12-26-19-7-5-17(21)9-16(19)11-23-18-6-4-14(20(24)25-3)8-15(18)10-22-23/h4-10,13H,11-12H2,1-3H3. The van der Waals surface area contributed by atoms with Crippen LogP contribution >= 0.6 is 15.9 Å². The van der Waals surface area contributed by atoms with Gasteiger partial charge in [-0.25, -0.2) is 4.79 Å². The Morgan fingerprint density at radius 1 is 1.23 bits per heavy atom. The minimum atomic E-state index is -0.351. The molecule has 2 aromatic carbocycles. The number of carbonyl (C=O) groups excluding carboxylic acids is 1. The summed E-state index contributed by atoms with van der Waals surface area (Å²) in [7, 11) is 1.38. The quantitative estimate of drug-likeness (QED) is 0.547. The van der Waals surface area contributed by atoms with E-state index < -0.39 is 0 Å². The Kier molecular flexibility index (Phi) is 5.61. The van der Waals surface area contributed by atoms with Gasteiger partial charge in [0.25, 0.3) is 0 Å². The molecule has 136 valence electrons. The predicted molar refractivity (Wildman–Crippen MR) is 105 cm³/mol. The van der Waals surface area contributed by atoms with Gasteiger partial charge < -0.3 is 9.47 Å². The van der Waals surface area contributed by atoms with Crippen molar-refractivity contribution in [3.8, 4) is 5.75 Å². The third kappa shape index (κ3) is 4.07. The minimum Gasteiger partial charge on any atom is -0.493 e. The van der Waals surface area contributed by atoms with Crippen LogP contribution in [0.15, 0.2) is 47.1 Å². The highest BCUT2D eigenvalue weighted by atomic mass is 79.9. The van der Waals surface area contributed by atoms with Gasteiger partial charge in [0.2, 0.25) is 0 Å². The first-order valence-electron chi connectivity index (χ1n) is 8.43. The number of aromatic nitrogens is 2. The molecule has 6 heteroatoms. The zero-order chi connectivity index (χ0) is 18.7. The summed E-state index contributed by atoms with van der Waals surface area (Å²) in [4.78, 5) is 11.7. The molecule has 0 N–H and O–H groups in total. The van der Waals surface area contributed by atoms with E-state index in [4.69, 9.17) is 9.47 Å². The zero-order valence-corrected chi connectivity index (χ0v) is 16.6. The summed E-state index contributed by atoms with van der Waals surface area (Å²) >= 11 is 3.53. The van der Waals surface area contributed by atoms with Gasteiger partial charge in [0.05, 0.1) is 37.5 Å². The number of esters is 1. The number of methoxy groups -OCH3 is 1. The lowest BCUT2D eigenvalue weighted by atomic mass is 10.1. The molecular weight excluding hydrogens is 396 g/mol. The molecule has 0 fully saturated rings. The van der Waals surface area contributed by atoms with E-state index in [9.17, 15) is 4.79 Å². The van der Waals surface area contributed by atoms with Crippen molar-refractivity contribution in [2.24, 2.45) is 5.92 Å². The van der Waals surface area contributed by atoms with Crippen molar-refractivity contribution in [2.45, 2.75) is 20.4 Å². The first-order chi connectivity index (χ1) is 12.5. The third-order valence-electron chi connectivity index (χ3n) is 3.98. The van der Waals surface area contributed by atoms with Crippen molar-refractivity contribution < 1.29 is 14.3 Å². The highest BCUT2D eigenvalue weighted by molar-refractivity contribution is 9.10. The van der Waals surface area contributed by atoms with Gasteiger partial charge in [-0.1, -0.05) is 29.8 Å². The van der Waals surface area contributed by atoms with Crippen LogP contribution in [0.2, 0.25) is 0 Å². The predicted octanol–water partition coefficient (Wildman–Crippen LogP) is 4.67. The molecule has 0 radical (unpaired) electrons. The average Bonchev–Trinajstić information content (AvgIpc) is 3.02. The van der Waals surface area contributed by atoms with E-state index in [2.05, 4.69) is 34.9 Å². The van der Waals surface area contributed by atoms with Gasteiger partial charge in [0.1, 0.15) is 5.75 Å². The second-order valence-electron chi connectivity index (χ2n) is 6.52. The molecule has 0 amide bonds. The Balaban J connectivity index is 1.91. The summed E-state index contributed by atoms with van der Waals surface area (Å²) in [6, 6.07) is 11.4. The molecule has 1 heterocycles. The number of carbonyl (C=O) groups is 1. The van der Waals surface area contributed by atoms with E-state index in [0.29, 0.717) is 24.6 Å². The minimum absolute atomic E-state index is 0.351. The molecule has 0 saturated carbocycles. The number of halogens is 1. The molecule has 26 heavy (non-hydrogen) atoms. The molecule has 0 atom stereocenters. The van der Waals surface area contributed by atoms with Crippen LogP contribution in [0.25, 0.3) is 10.9 Å². The SMILES string of the molecule is COC(=O)c1ccc2c(cnn2Cc2cc(Br)ccc2OCC(C)C)c1. The number of rotatable bonds is 6. The molecule has 0 bridgehead atoms. The van der Waals surface area contributed by atoms with Gasteiger partial charge >= 0.3 is 5.97 Å². The maximum atomic E-state index is 11.7. The summed E-state index contributed by atoms with van der Waals surface area (Å²) < 4.78 is 13.6. The largest absolute Gasteiger partial charge is 0.493 e. The Bertz CT molecular complexity index is 934. The van der Waals surface area contributed by atoms with Crippen LogP contribution in [0.4, 0.5) is 0 Å². The topological polar surface area (TPSA) is 53.3 Å². The summed E-state index contributed by atoms with van der Waals surface area (Å²) in [5.41, 5.74) is 2.51. The molecular formula is C20H21BrN2O3. The van der Waals surface area contributed by atoms with E-state index in [1.54, 1.807) is 18.3 Å². The number of ether oxygens (including phenoxy) is 2. The van der Waals surface area contributed by atoms with Crippen LogP contribution in [-0.4, -0.2) is 29.5 Å². The molecule has 3 aromatic rings. The fourth-order valence-electron chi connectivity index (χ4n) is 2.69. The van der Waals surface area contributed by atoms with Crippen LogP contribution in [0.3, 0.4) is 0 Å². The maximum absolute atomic E-state index is 11.7. The lowest BCUT2D eigenvalue weighted by Gasteiger charge is -2.14. The van der Waals surface area contributed by atoms with Gasteiger partial charge in [-0.2, -0.15) is 5.10 Å². The molecule has 0 aliphatic carbocycles. The second kappa shape index (κ2) is 7.91. The smallest absolute Gasteiger partial charge is 0.337 e. The van der Waals surface area contributed by atoms with Crippen molar-refractivity contribution in [1.29, 1.82) is 0 Å². The van der Waals surface area contributed by atoms with Gasteiger partial charge in [-0.05, 0) is 42.3 Å². The van der Waals surface area contributed by atoms with E-state index in [0.717, 1.165) is 26.7 Å². The summed E-state index contributed by atoms with van der Waals surface area (Å²) in [6.07, 6.45) is 1.76. The molecule has 3 rings (SSSR count). The molecule has 0 spiro atoms. The molecule has 1 aromatic heterocycles. The summed E-state index contributed by atoms with van der Waals surface area (Å²) in [6.45, 7) is 5.49. The normalized spacial score (nSPS) is 11.1. The Morgan fingerprint density at radius 3 is 2.77 bits per heavy atom. The lowest BCUT2D eigenvalue weighted by Crippen LogP contribution is -2.09. The van der Waals surface area contributed by atoms with Crippen molar-refractivity contribution in [3.05, 3.63) is 58.2 Å².